The third-order valence-corrected chi connectivity index (χ3v) is 17.2. The van der Waals surface area contributed by atoms with Crippen molar-refractivity contribution in [2.24, 2.45) is 0 Å². The standard InChI is InChI=1S/C70H65BN2/c1-38-25-42(5)64(43(6)26-38)50-17-21-55(22-18-50)72-62-24-20-53(66-46(9)29-40(3)30-47(66)10)36-60(62)71-69-63(72)37-51-15-13-14-16-56(51)68(69)59-35-54(67-48(11)31-41(4)32-49(67)12)34-58-57-33-52(19-23-61(57)73(71)70(58)59)65-44(7)27-39(2)28-45(65)8/h17-37H,13-16H2,1-12H3. The van der Waals surface area contributed by atoms with Crippen LogP contribution in [0.5, 0.6) is 0 Å². The van der Waals surface area contributed by atoms with Gasteiger partial charge in [0.25, 0.3) is 0 Å². The van der Waals surface area contributed by atoms with Crippen LogP contribution in [-0.2, 0) is 12.8 Å². The first-order valence-corrected chi connectivity index (χ1v) is 26.8. The van der Waals surface area contributed by atoms with Crippen LogP contribution in [0.1, 0.15) is 90.7 Å². The van der Waals surface area contributed by atoms with Crippen LogP contribution in [0, 0.1) is 83.1 Å². The van der Waals surface area contributed by atoms with Gasteiger partial charge in [0.05, 0.1) is 0 Å². The van der Waals surface area contributed by atoms with E-state index in [1.54, 1.807) is 5.56 Å². The normalized spacial score (nSPS) is 13.5. The highest BCUT2D eigenvalue weighted by atomic mass is 15.2. The van der Waals surface area contributed by atoms with E-state index < -0.39 is 0 Å². The maximum atomic E-state index is 2.79. The third-order valence-electron chi connectivity index (χ3n) is 17.2. The van der Waals surface area contributed by atoms with Gasteiger partial charge in [0.2, 0.25) is 0 Å². The molecule has 3 aliphatic rings. The molecule has 3 heterocycles. The monoisotopic (exact) mass is 945 g/mol. The molecule has 0 bridgehead atoms. The fourth-order valence-corrected chi connectivity index (χ4v) is 14.9. The van der Waals surface area contributed by atoms with Crippen molar-refractivity contribution in [1.82, 2.24) is 4.48 Å². The molecule has 0 saturated heterocycles. The lowest BCUT2D eigenvalue weighted by molar-refractivity contribution is 0.687. The average molecular weight is 945 g/mol. The largest absolute Gasteiger partial charge is 0.375 e. The van der Waals surface area contributed by atoms with Gasteiger partial charge in [-0.05, 0) is 274 Å². The molecule has 0 atom stereocenters. The predicted octanol–water partition coefficient (Wildman–Crippen LogP) is 17.5. The van der Waals surface area contributed by atoms with Crippen molar-refractivity contribution in [3.8, 4) is 55.6 Å². The molecule has 10 aromatic rings. The van der Waals surface area contributed by atoms with E-state index in [0.717, 1.165) is 12.8 Å². The molecular weight excluding hydrogens is 880 g/mol. The number of fused-ring (bicyclic) bond motifs is 9. The van der Waals surface area contributed by atoms with Crippen molar-refractivity contribution < 1.29 is 0 Å². The molecule has 2 nitrogen and oxygen atoms in total. The van der Waals surface area contributed by atoms with Crippen molar-refractivity contribution in [1.29, 1.82) is 0 Å². The first kappa shape index (κ1) is 45.5. The second kappa shape index (κ2) is 16.6. The summed E-state index contributed by atoms with van der Waals surface area (Å²) >= 11 is 0. The Labute approximate surface area is 433 Å². The van der Waals surface area contributed by atoms with Crippen molar-refractivity contribution in [2.45, 2.75) is 109 Å². The topological polar surface area (TPSA) is 8.17 Å². The lowest BCUT2D eigenvalue weighted by atomic mass is 9.44. The Morgan fingerprint density at radius 3 is 1.41 bits per heavy atom. The predicted molar refractivity (Wildman–Crippen MR) is 315 cm³/mol. The maximum absolute atomic E-state index is 2.79. The molecule has 0 N–H and O–H groups in total. The summed E-state index contributed by atoms with van der Waals surface area (Å²) in [5, 5.41) is 2.66. The Balaban J connectivity index is 1.16. The first-order valence-electron chi connectivity index (χ1n) is 26.8. The fourth-order valence-electron chi connectivity index (χ4n) is 14.9. The number of benzene rings is 9. The first-order chi connectivity index (χ1) is 35.1. The van der Waals surface area contributed by atoms with Gasteiger partial charge in [0.15, 0.2) is 0 Å². The number of hydrogen-bond donors (Lipinski definition) is 0. The lowest BCUT2D eigenvalue weighted by Gasteiger charge is -2.42. The van der Waals surface area contributed by atoms with Gasteiger partial charge in [-0.25, -0.2) is 0 Å². The minimum Gasteiger partial charge on any atom is -0.375 e. The van der Waals surface area contributed by atoms with Gasteiger partial charge < -0.3 is 9.38 Å². The van der Waals surface area contributed by atoms with Gasteiger partial charge in [0, 0.05) is 44.4 Å². The minimum atomic E-state index is -0.0542. The van der Waals surface area contributed by atoms with Crippen LogP contribution in [0.25, 0.3) is 77.4 Å². The molecule has 0 saturated carbocycles. The Morgan fingerprint density at radius 1 is 0.384 bits per heavy atom. The molecule has 358 valence electrons. The Hall–Kier alpha value is -7.36. The molecule has 13 rings (SSSR count). The van der Waals surface area contributed by atoms with Crippen LogP contribution in [0.4, 0.5) is 17.1 Å². The van der Waals surface area contributed by atoms with Crippen LogP contribution in [0.15, 0.2) is 127 Å². The van der Waals surface area contributed by atoms with Gasteiger partial charge >= 0.3 is 6.85 Å². The van der Waals surface area contributed by atoms with Gasteiger partial charge in [-0.15, -0.1) is 0 Å². The SMILES string of the molecule is Cc1cc(C)c(-c2ccc(N3c4ccc(-c5c(C)cc(C)cc5C)cc4B4c5c3cc3c(c5-c5cc(-c6c(C)cc(C)cc6C)cc6c7cc(-c8c(C)cc(C)cc8C)ccc7n4c56)CCCC3)cc2)c(C)c1. The average Bonchev–Trinajstić information content (AvgIpc) is 3.65. The zero-order chi connectivity index (χ0) is 50.5. The van der Waals surface area contributed by atoms with Crippen LogP contribution in [-0.4, -0.2) is 11.3 Å². The molecule has 1 aromatic heterocycles. The van der Waals surface area contributed by atoms with Crippen molar-refractivity contribution in [3.63, 3.8) is 0 Å². The Bertz CT molecular complexity index is 3950. The number of aromatic nitrogens is 1. The van der Waals surface area contributed by atoms with Gasteiger partial charge in [-0.1, -0.05) is 101 Å². The second-order valence-corrected chi connectivity index (χ2v) is 22.7. The summed E-state index contributed by atoms with van der Waals surface area (Å²) in [5.41, 5.74) is 41.5. The summed E-state index contributed by atoms with van der Waals surface area (Å²) in [6.07, 6.45) is 4.61. The molecule has 3 heteroatoms. The molecule has 0 spiro atoms. The lowest BCUT2D eigenvalue weighted by Crippen LogP contribution is -2.57. The maximum Gasteiger partial charge on any atom is 0.333 e. The van der Waals surface area contributed by atoms with E-state index >= 15 is 0 Å². The summed E-state index contributed by atoms with van der Waals surface area (Å²) in [5.74, 6) is 0. The van der Waals surface area contributed by atoms with E-state index in [-0.39, 0.29) is 6.85 Å². The number of nitrogens with zero attached hydrogens (tertiary/aromatic N) is 2. The van der Waals surface area contributed by atoms with Crippen LogP contribution in [0.2, 0.25) is 0 Å². The van der Waals surface area contributed by atoms with Crippen LogP contribution < -0.4 is 15.8 Å². The van der Waals surface area contributed by atoms with E-state index in [1.807, 2.05) is 0 Å². The Morgan fingerprint density at radius 2 is 0.849 bits per heavy atom. The number of hydrogen-bond acceptors (Lipinski definition) is 1. The zero-order valence-electron chi connectivity index (χ0n) is 44.9. The summed E-state index contributed by atoms with van der Waals surface area (Å²) < 4.78 is 2.79. The van der Waals surface area contributed by atoms with Crippen LogP contribution >= 0.6 is 0 Å². The number of anilines is 3. The summed E-state index contributed by atoms with van der Waals surface area (Å²) in [7, 11) is 0. The van der Waals surface area contributed by atoms with E-state index in [4.69, 9.17) is 0 Å². The minimum absolute atomic E-state index is 0.0542. The molecule has 2 aliphatic heterocycles. The summed E-state index contributed by atoms with van der Waals surface area (Å²) in [4.78, 5) is 2.64. The summed E-state index contributed by atoms with van der Waals surface area (Å²) in [6.45, 7) is 27.1. The molecule has 73 heavy (non-hydrogen) atoms. The van der Waals surface area contributed by atoms with Crippen molar-refractivity contribution in [2.75, 3.05) is 4.90 Å². The fraction of sp³-hybridized carbons (Fsp3) is 0.229. The van der Waals surface area contributed by atoms with Gasteiger partial charge in [-0.2, -0.15) is 0 Å². The summed E-state index contributed by atoms with van der Waals surface area (Å²) in [6, 6.07) is 51.0. The molecule has 1 aliphatic carbocycles. The zero-order valence-corrected chi connectivity index (χ0v) is 44.9. The smallest absolute Gasteiger partial charge is 0.333 e. The van der Waals surface area contributed by atoms with E-state index in [0.29, 0.717) is 0 Å². The highest BCUT2D eigenvalue weighted by Crippen LogP contribution is 2.51. The van der Waals surface area contributed by atoms with Gasteiger partial charge in [-0.3, -0.25) is 0 Å². The van der Waals surface area contributed by atoms with Gasteiger partial charge in [0.1, 0.15) is 0 Å². The van der Waals surface area contributed by atoms with E-state index in [1.165, 1.54) is 191 Å². The highest BCUT2D eigenvalue weighted by molar-refractivity contribution is 6.90. The highest BCUT2D eigenvalue weighted by Gasteiger charge is 2.45. The Kier molecular flexibility index (Phi) is 10.3. The van der Waals surface area contributed by atoms with Crippen molar-refractivity contribution in [3.05, 3.63) is 205 Å². The van der Waals surface area contributed by atoms with Crippen LogP contribution in [0.3, 0.4) is 0 Å². The van der Waals surface area contributed by atoms with E-state index in [2.05, 4.69) is 220 Å². The molecule has 0 fully saturated rings. The van der Waals surface area contributed by atoms with Crippen molar-refractivity contribution >= 4 is 56.6 Å². The second-order valence-electron chi connectivity index (χ2n) is 22.7. The molecule has 9 aromatic carbocycles. The molecule has 0 radical (unpaired) electrons. The molecule has 0 unspecified atom stereocenters. The quantitative estimate of drug-likeness (QED) is 0.156. The third kappa shape index (κ3) is 6.91. The number of rotatable bonds is 5. The molecular formula is C70H65BN2. The molecule has 0 amide bonds. The number of aryl methyl sites for hydroxylation is 13. The van der Waals surface area contributed by atoms with E-state index in [9.17, 15) is 0 Å².